The first-order chi connectivity index (χ1) is 27.7. The molecule has 0 N–H and O–H groups in total. The third kappa shape index (κ3) is 5.60. The molecule has 0 aliphatic heterocycles. The molecule has 0 radical (unpaired) electrons. The zero-order chi connectivity index (χ0) is 37.0. The molecule has 0 unspecified atom stereocenters. The number of hydrogen-bond donors (Lipinski definition) is 0. The molecule has 0 saturated heterocycles. The molecule has 56 heavy (non-hydrogen) atoms. The average molecular weight is 754 g/mol. The Morgan fingerprint density at radius 2 is 0.571 bits per heavy atom. The van der Waals surface area contributed by atoms with Gasteiger partial charge >= 0.3 is 0 Å². The highest BCUT2D eigenvalue weighted by molar-refractivity contribution is 7.18. The van der Waals surface area contributed by atoms with Crippen LogP contribution in [0.5, 0.6) is 0 Å². The molecule has 6 aromatic carbocycles. The van der Waals surface area contributed by atoms with Crippen molar-refractivity contribution >= 4 is 65.8 Å². The second-order valence-corrected chi connectivity index (χ2v) is 15.4. The highest BCUT2D eigenvalue weighted by Crippen LogP contribution is 2.38. The monoisotopic (exact) mass is 753 g/mol. The summed E-state index contributed by atoms with van der Waals surface area (Å²) in [6, 6.07) is 56.4. The molecule has 11 rings (SSSR count). The predicted molar refractivity (Wildman–Crippen MR) is 229 cm³/mol. The van der Waals surface area contributed by atoms with Gasteiger partial charge in [0.2, 0.25) is 0 Å². The molecule has 0 amide bonds. The minimum absolute atomic E-state index is 0.701. The topological polar surface area (TPSA) is 90.2 Å². The summed E-state index contributed by atoms with van der Waals surface area (Å²) in [6.45, 7) is 0. The normalized spacial score (nSPS) is 11.6. The van der Waals surface area contributed by atoms with Gasteiger partial charge in [0.05, 0.1) is 11.4 Å². The number of aromatic nitrogens is 7. The third-order valence-corrected chi connectivity index (χ3v) is 12.0. The lowest BCUT2D eigenvalue weighted by atomic mass is 9.95. The molecule has 262 valence electrons. The summed E-state index contributed by atoms with van der Waals surface area (Å²) in [5.74, 6) is 0. The Balaban J connectivity index is 0.894. The summed E-state index contributed by atoms with van der Waals surface area (Å²) in [7, 11) is 0. The van der Waals surface area contributed by atoms with Gasteiger partial charge in [0, 0.05) is 11.1 Å². The van der Waals surface area contributed by atoms with E-state index in [1.165, 1.54) is 55.0 Å². The maximum atomic E-state index is 5.09. The largest absolute Gasteiger partial charge is 0.245 e. The van der Waals surface area contributed by atoms with Crippen LogP contribution in [0.3, 0.4) is 0 Å². The lowest BCUT2D eigenvalue weighted by Crippen LogP contribution is -1.90. The van der Waals surface area contributed by atoms with Gasteiger partial charge < -0.3 is 0 Å². The van der Waals surface area contributed by atoms with E-state index in [2.05, 4.69) is 142 Å². The quantitative estimate of drug-likeness (QED) is 0.156. The second kappa shape index (κ2) is 13.3. The van der Waals surface area contributed by atoms with Gasteiger partial charge in [-0.1, -0.05) is 138 Å². The molecule has 5 aromatic heterocycles. The van der Waals surface area contributed by atoms with Crippen molar-refractivity contribution < 1.29 is 0 Å². The van der Waals surface area contributed by atoms with Crippen LogP contribution in [0.15, 0.2) is 164 Å². The summed E-state index contributed by atoms with van der Waals surface area (Å²) in [4.78, 5) is 15.1. The van der Waals surface area contributed by atoms with Crippen LogP contribution in [-0.2, 0) is 0 Å². The molecule has 0 spiro atoms. The van der Waals surface area contributed by atoms with Gasteiger partial charge in [0.15, 0.2) is 20.0 Å². The van der Waals surface area contributed by atoms with Gasteiger partial charge in [0.25, 0.3) is 0 Å². The van der Waals surface area contributed by atoms with Gasteiger partial charge in [0.1, 0.15) is 22.8 Å². The molecule has 0 bridgehead atoms. The molecule has 0 fully saturated rings. The Hall–Kier alpha value is -7.07. The lowest BCUT2D eigenvalue weighted by molar-refractivity contribution is 1.07. The van der Waals surface area contributed by atoms with Crippen LogP contribution in [0.25, 0.3) is 108 Å². The molecule has 5 heterocycles. The minimum atomic E-state index is 0.701. The first-order valence-corrected chi connectivity index (χ1v) is 19.8. The zero-order valence-corrected chi connectivity index (χ0v) is 31.2. The van der Waals surface area contributed by atoms with Crippen LogP contribution < -0.4 is 0 Å². The molecule has 7 nitrogen and oxygen atoms in total. The molecule has 0 aliphatic rings. The van der Waals surface area contributed by atoms with Gasteiger partial charge in [-0.25, -0.2) is 15.0 Å². The number of pyridine rings is 3. The molecular weight excluding hydrogens is 727 g/mol. The Morgan fingerprint density at radius 3 is 0.964 bits per heavy atom. The molecule has 0 atom stereocenters. The summed E-state index contributed by atoms with van der Waals surface area (Å²) in [5, 5.41) is 30.6. The van der Waals surface area contributed by atoms with Crippen LogP contribution in [-0.4, -0.2) is 35.3 Å². The number of nitrogens with zero attached hydrogens (tertiary/aromatic N) is 7. The van der Waals surface area contributed by atoms with E-state index in [1.54, 1.807) is 0 Å². The van der Waals surface area contributed by atoms with E-state index in [-0.39, 0.29) is 0 Å². The number of hydrogen-bond acceptors (Lipinski definition) is 9. The van der Waals surface area contributed by atoms with Crippen molar-refractivity contribution in [1.29, 1.82) is 0 Å². The Bertz CT molecular complexity index is 3080. The van der Waals surface area contributed by atoms with Gasteiger partial charge in [-0.2, -0.15) is 0 Å². The van der Waals surface area contributed by atoms with E-state index >= 15 is 0 Å². The van der Waals surface area contributed by atoms with Crippen molar-refractivity contribution in [3.63, 3.8) is 0 Å². The molecule has 0 aliphatic carbocycles. The number of benzene rings is 6. The van der Waals surface area contributed by atoms with Crippen LogP contribution in [0, 0.1) is 0 Å². The summed E-state index contributed by atoms with van der Waals surface area (Å²) >= 11 is 2.93. The van der Waals surface area contributed by atoms with Crippen molar-refractivity contribution in [2.24, 2.45) is 0 Å². The average Bonchev–Trinajstić information content (AvgIpc) is 3.98. The summed E-state index contributed by atoms with van der Waals surface area (Å²) in [5.41, 5.74) is 6.89. The van der Waals surface area contributed by atoms with Crippen molar-refractivity contribution in [3.8, 4) is 65.3 Å². The van der Waals surface area contributed by atoms with E-state index in [1.807, 2.05) is 42.5 Å². The minimum Gasteiger partial charge on any atom is -0.245 e. The molecular formula is C47H27N7S2. The molecule has 9 heteroatoms. The van der Waals surface area contributed by atoms with Gasteiger partial charge in [-0.05, 0) is 91.6 Å². The highest BCUT2D eigenvalue weighted by Gasteiger charge is 2.17. The number of fused-ring (bicyclic) bond motifs is 6. The van der Waals surface area contributed by atoms with Crippen molar-refractivity contribution in [2.45, 2.75) is 0 Å². The highest BCUT2D eigenvalue weighted by atomic mass is 32.1. The van der Waals surface area contributed by atoms with Crippen molar-refractivity contribution in [3.05, 3.63) is 164 Å². The van der Waals surface area contributed by atoms with Crippen LogP contribution in [0.2, 0.25) is 0 Å². The summed E-state index contributed by atoms with van der Waals surface area (Å²) < 4.78 is 0. The van der Waals surface area contributed by atoms with E-state index in [0.29, 0.717) is 21.4 Å². The maximum Gasteiger partial charge on any atom is 0.166 e. The zero-order valence-electron chi connectivity index (χ0n) is 29.5. The number of rotatable bonds is 6. The van der Waals surface area contributed by atoms with Gasteiger partial charge in [-0.3, -0.25) is 0 Å². The molecule has 11 aromatic rings. The predicted octanol–water partition coefficient (Wildman–Crippen LogP) is 12.2. The van der Waals surface area contributed by atoms with Crippen LogP contribution in [0.1, 0.15) is 0 Å². The standard InChI is InChI=1S/C47H27N7S2/c1-3-14-30-28(12-1)26-36(34-18-7-5-16-32(30)34)38-20-9-22-40(48-38)44-51-53-46(55-44)42-24-11-25-43(50-42)47-54-52-45(56-47)41-23-10-21-39(49-41)37-27-29-13-2-4-15-31(29)33-17-6-8-19-35(33)37/h1-27H. The maximum absolute atomic E-state index is 5.09. The van der Waals surface area contributed by atoms with Crippen molar-refractivity contribution in [2.75, 3.05) is 0 Å². The Morgan fingerprint density at radius 1 is 0.268 bits per heavy atom. The third-order valence-electron chi connectivity index (χ3n) is 10.1. The van der Waals surface area contributed by atoms with Crippen molar-refractivity contribution in [1.82, 2.24) is 35.3 Å². The van der Waals surface area contributed by atoms with Crippen LogP contribution >= 0.6 is 22.7 Å². The second-order valence-electron chi connectivity index (χ2n) is 13.4. The first kappa shape index (κ1) is 32.4. The van der Waals surface area contributed by atoms with E-state index in [0.717, 1.165) is 54.7 Å². The van der Waals surface area contributed by atoms with E-state index in [4.69, 9.17) is 15.0 Å². The first-order valence-electron chi connectivity index (χ1n) is 18.1. The van der Waals surface area contributed by atoms with E-state index in [9.17, 15) is 0 Å². The van der Waals surface area contributed by atoms with Gasteiger partial charge in [-0.15, -0.1) is 20.4 Å². The van der Waals surface area contributed by atoms with Crippen LogP contribution in [0.4, 0.5) is 0 Å². The fourth-order valence-corrected chi connectivity index (χ4v) is 9.04. The lowest BCUT2D eigenvalue weighted by Gasteiger charge is -2.11. The molecule has 0 saturated carbocycles. The Kier molecular flexibility index (Phi) is 7.72. The smallest absolute Gasteiger partial charge is 0.166 e. The van der Waals surface area contributed by atoms with E-state index < -0.39 is 0 Å². The SMILES string of the molecule is c1cc(-c2nnc(-c3cccc(-c4cc5ccccc5c5ccccc45)n3)s2)nc(-c2nnc(-c3cccc(-c4cc5ccccc5c5ccccc45)n3)s2)c1. The summed E-state index contributed by atoms with van der Waals surface area (Å²) in [6.07, 6.45) is 0. The fraction of sp³-hybridized carbons (Fsp3) is 0. The fourth-order valence-electron chi connectivity index (χ4n) is 7.47. The Labute approximate surface area is 328 Å².